The predicted molar refractivity (Wildman–Crippen MR) is 84.3 cm³/mol. The number of hydrogen-bond donors (Lipinski definition) is 2. The molecule has 1 aliphatic rings. The molecule has 0 saturated heterocycles. The Morgan fingerprint density at radius 2 is 2.05 bits per heavy atom. The number of rotatable bonds is 6. The maximum Gasteiger partial charge on any atom is 0.253 e. The van der Waals surface area contributed by atoms with Gasteiger partial charge in [0, 0.05) is 18.8 Å². The standard InChI is InChI=1S/C17H26N2O/c1-3-10-18-16-9-8-13(2)11-15(16)17(20)19-12-14-6-4-5-7-14/h8-9,11,14,18H,3-7,10,12H2,1-2H3,(H,19,20). The minimum absolute atomic E-state index is 0.0548. The van der Waals surface area contributed by atoms with Crippen molar-refractivity contribution in [3.8, 4) is 0 Å². The van der Waals surface area contributed by atoms with E-state index < -0.39 is 0 Å². The largest absolute Gasteiger partial charge is 0.384 e. The minimum Gasteiger partial charge on any atom is -0.384 e. The van der Waals surface area contributed by atoms with Gasteiger partial charge in [0.25, 0.3) is 5.91 Å². The summed E-state index contributed by atoms with van der Waals surface area (Å²) in [4.78, 5) is 12.4. The first-order chi connectivity index (χ1) is 9.70. The molecule has 0 aliphatic heterocycles. The molecule has 20 heavy (non-hydrogen) atoms. The lowest BCUT2D eigenvalue weighted by Crippen LogP contribution is -2.29. The second-order valence-corrected chi connectivity index (χ2v) is 5.84. The van der Waals surface area contributed by atoms with Crippen molar-refractivity contribution in [1.29, 1.82) is 0 Å². The van der Waals surface area contributed by atoms with Crippen LogP contribution in [0.25, 0.3) is 0 Å². The van der Waals surface area contributed by atoms with Crippen LogP contribution >= 0.6 is 0 Å². The van der Waals surface area contributed by atoms with Crippen molar-refractivity contribution in [2.45, 2.75) is 46.0 Å². The molecular formula is C17H26N2O. The van der Waals surface area contributed by atoms with Gasteiger partial charge in [-0.1, -0.05) is 31.4 Å². The molecule has 1 saturated carbocycles. The van der Waals surface area contributed by atoms with E-state index in [9.17, 15) is 4.79 Å². The van der Waals surface area contributed by atoms with E-state index in [0.29, 0.717) is 5.92 Å². The molecule has 0 unspecified atom stereocenters. The van der Waals surface area contributed by atoms with Crippen LogP contribution < -0.4 is 10.6 Å². The fraction of sp³-hybridized carbons (Fsp3) is 0.588. The SMILES string of the molecule is CCCNc1ccc(C)cc1C(=O)NCC1CCCC1. The zero-order valence-corrected chi connectivity index (χ0v) is 12.7. The zero-order valence-electron chi connectivity index (χ0n) is 12.7. The van der Waals surface area contributed by atoms with Gasteiger partial charge in [0.15, 0.2) is 0 Å². The van der Waals surface area contributed by atoms with Crippen LogP contribution in [-0.4, -0.2) is 19.0 Å². The number of amides is 1. The van der Waals surface area contributed by atoms with E-state index in [1.807, 2.05) is 25.1 Å². The van der Waals surface area contributed by atoms with Crippen molar-refractivity contribution in [2.75, 3.05) is 18.4 Å². The molecule has 1 aromatic carbocycles. The van der Waals surface area contributed by atoms with E-state index >= 15 is 0 Å². The second kappa shape index (κ2) is 7.32. The number of carbonyl (C=O) groups excluding carboxylic acids is 1. The molecule has 2 N–H and O–H groups in total. The topological polar surface area (TPSA) is 41.1 Å². The average Bonchev–Trinajstić information content (AvgIpc) is 2.96. The third-order valence-electron chi connectivity index (χ3n) is 4.01. The molecule has 0 aromatic heterocycles. The van der Waals surface area contributed by atoms with E-state index in [0.717, 1.165) is 36.3 Å². The molecule has 0 bridgehead atoms. The molecule has 0 radical (unpaired) electrons. The smallest absolute Gasteiger partial charge is 0.253 e. The van der Waals surface area contributed by atoms with Gasteiger partial charge in [-0.05, 0) is 44.2 Å². The molecular weight excluding hydrogens is 248 g/mol. The van der Waals surface area contributed by atoms with Crippen LogP contribution in [0.4, 0.5) is 5.69 Å². The first-order valence-corrected chi connectivity index (χ1v) is 7.83. The third-order valence-corrected chi connectivity index (χ3v) is 4.01. The maximum absolute atomic E-state index is 12.4. The number of carbonyl (C=O) groups is 1. The highest BCUT2D eigenvalue weighted by Crippen LogP contribution is 2.24. The van der Waals surface area contributed by atoms with Crippen LogP contribution in [-0.2, 0) is 0 Å². The first kappa shape index (κ1) is 14.9. The van der Waals surface area contributed by atoms with Crippen LogP contribution in [0.1, 0.15) is 54.9 Å². The van der Waals surface area contributed by atoms with E-state index in [1.54, 1.807) is 0 Å². The molecule has 2 rings (SSSR count). The highest BCUT2D eigenvalue weighted by atomic mass is 16.1. The van der Waals surface area contributed by atoms with Crippen molar-refractivity contribution in [3.63, 3.8) is 0 Å². The highest BCUT2D eigenvalue weighted by Gasteiger charge is 2.17. The summed E-state index contributed by atoms with van der Waals surface area (Å²) in [6.07, 6.45) is 6.20. The summed E-state index contributed by atoms with van der Waals surface area (Å²) in [5, 5.41) is 6.44. The summed E-state index contributed by atoms with van der Waals surface area (Å²) >= 11 is 0. The Morgan fingerprint density at radius 3 is 2.75 bits per heavy atom. The van der Waals surface area contributed by atoms with Crippen LogP contribution in [0.15, 0.2) is 18.2 Å². The second-order valence-electron chi connectivity index (χ2n) is 5.84. The summed E-state index contributed by atoms with van der Waals surface area (Å²) < 4.78 is 0. The number of nitrogens with one attached hydrogen (secondary N) is 2. The predicted octanol–water partition coefficient (Wildman–Crippen LogP) is 3.74. The number of hydrogen-bond acceptors (Lipinski definition) is 2. The van der Waals surface area contributed by atoms with Crippen LogP contribution in [0.5, 0.6) is 0 Å². The van der Waals surface area contributed by atoms with Gasteiger partial charge in [0.1, 0.15) is 0 Å². The first-order valence-electron chi connectivity index (χ1n) is 7.83. The van der Waals surface area contributed by atoms with Crippen LogP contribution in [0.3, 0.4) is 0 Å². The Balaban J connectivity index is 2.00. The van der Waals surface area contributed by atoms with Gasteiger partial charge in [-0.15, -0.1) is 0 Å². The highest BCUT2D eigenvalue weighted by molar-refractivity contribution is 5.99. The Bertz CT molecular complexity index is 450. The van der Waals surface area contributed by atoms with Gasteiger partial charge in [-0.25, -0.2) is 0 Å². The molecule has 1 amide bonds. The Hall–Kier alpha value is -1.51. The molecule has 3 nitrogen and oxygen atoms in total. The lowest BCUT2D eigenvalue weighted by Gasteiger charge is -2.14. The van der Waals surface area contributed by atoms with Gasteiger partial charge < -0.3 is 10.6 Å². The molecule has 3 heteroatoms. The van der Waals surface area contributed by atoms with Gasteiger partial charge >= 0.3 is 0 Å². The third kappa shape index (κ3) is 3.99. The maximum atomic E-state index is 12.4. The zero-order chi connectivity index (χ0) is 14.4. The summed E-state index contributed by atoms with van der Waals surface area (Å²) in [5.74, 6) is 0.731. The van der Waals surface area contributed by atoms with Gasteiger partial charge in [-0.2, -0.15) is 0 Å². The van der Waals surface area contributed by atoms with Crippen molar-refractivity contribution in [1.82, 2.24) is 5.32 Å². The molecule has 0 spiro atoms. The van der Waals surface area contributed by atoms with Gasteiger partial charge in [-0.3, -0.25) is 4.79 Å². The van der Waals surface area contributed by atoms with E-state index in [2.05, 4.69) is 17.6 Å². The molecule has 1 fully saturated rings. The quantitative estimate of drug-likeness (QED) is 0.829. The van der Waals surface area contributed by atoms with Crippen molar-refractivity contribution in [3.05, 3.63) is 29.3 Å². The van der Waals surface area contributed by atoms with E-state index in [4.69, 9.17) is 0 Å². The average molecular weight is 274 g/mol. The summed E-state index contributed by atoms with van der Waals surface area (Å²) in [5.41, 5.74) is 2.84. The van der Waals surface area contributed by atoms with Gasteiger partial charge in [0.05, 0.1) is 5.56 Å². The molecule has 0 atom stereocenters. The van der Waals surface area contributed by atoms with Crippen molar-refractivity contribution in [2.24, 2.45) is 5.92 Å². The summed E-state index contributed by atoms with van der Waals surface area (Å²) in [6.45, 7) is 5.87. The lowest BCUT2D eigenvalue weighted by molar-refractivity contribution is 0.0948. The molecule has 1 aromatic rings. The van der Waals surface area contributed by atoms with E-state index in [-0.39, 0.29) is 5.91 Å². The number of benzene rings is 1. The Morgan fingerprint density at radius 1 is 1.30 bits per heavy atom. The fourth-order valence-corrected chi connectivity index (χ4v) is 2.81. The number of anilines is 1. The minimum atomic E-state index is 0.0548. The monoisotopic (exact) mass is 274 g/mol. The van der Waals surface area contributed by atoms with E-state index in [1.165, 1.54) is 25.7 Å². The molecule has 1 aliphatic carbocycles. The Kier molecular flexibility index (Phi) is 5.45. The fourth-order valence-electron chi connectivity index (χ4n) is 2.81. The summed E-state index contributed by atoms with van der Waals surface area (Å²) in [6, 6.07) is 6.03. The van der Waals surface area contributed by atoms with Crippen molar-refractivity contribution < 1.29 is 4.79 Å². The molecule has 0 heterocycles. The Labute approximate surface area is 122 Å². The van der Waals surface area contributed by atoms with Crippen LogP contribution in [0, 0.1) is 12.8 Å². The van der Waals surface area contributed by atoms with Gasteiger partial charge in [0.2, 0.25) is 0 Å². The number of aryl methyl sites for hydroxylation is 1. The molecule has 110 valence electrons. The normalized spacial score (nSPS) is 15.3. The van der Waals surface area contributed by atoms with Crippen LogP contribution in [0.2, 0.25) is 0 Å². The van der Waals surface area contributed by atoms with Crippen molar-refractivity contribution >= 4 is 11.6 Å². The summed E-state index contributed by atoms with van der Waals surface area (Å²) in [7, 11) is 0. The lowest BCUT2D eigenvalue weighted by atomic mass is 10.1.